The van der Waals surface area contributed by atoms with E-state index in [1.54, 1.807) is 18.2 Å². The highest BCUT2D eigenvalue weighted by Crippen LogP contribution is 2.34. The van der Waals surface area contributed by atoms with E-state index in [2.05, 4.69) is 10.0 Å². The summed E-state index contributed by atoms with van der Waals surface area (Å²) in [6.45, 7) is 1.07. The molecule has 0 radical (unpaired) electrons. The Morgan fingerprint density at radius 3 is 2.61 bits per heavy atom. The van der Waals surface area contributed by atoms with Crippen LogP contribution in [0.5, 0.6) is 11.5 Å². The first-order valence-electron chi connectivity index (χ1n) is 8.94. The minimum atomic E-state index is -3.65. The molecule has 0 unspecified atom stereocenters. The molecule has 2 aromatic carbocycles. The fourth-order valence-corrected chi connectivity index (χ4v) is 4.12. The molecule has 1 amide bonds. The van der Waals surface area contributed by atoms with Crippen LogP contribution >= 0.6 is 0 Å². The van der Waals surface area contributed by atoms with Crippen LogP contribution in [0.3, 0.4) is 0 Å². The molecule has 2 heterocycles. The smallest absolute Gasteiger partial charge is 0.255 e. The first kappa shape index (κ1) is 18.7. The molecule has 0 saturated carbocycles. The van der Waals surface area contributed by atoms with Crippen molar-refractivity contribution in [2.45, 2.75) is 23.8 Å². The number of benzene rings is 2. The first-order valence-corrected chi connectivity index (χ1v) is 10.4. The molecule has 0 aromatic heterocycles. The minimum absolute atomic E-state index is 0.0819. The third-order valence-corrected chi connectivity index (χ3v) is 6.02. The molecular formula is C19H20N2O6S. The van der Waals surface area contributed by atoms with E-state index in [4.69, 9.17) is 14.2 Å². The predicted molar refractivity (Wildman–Crippen MR) is 101 cm³/mol. The van der Waals surface area contributed by atoms with Gasteiger partial charge in [0.1, 0.15) is 0 Å². The van der Waals surface area contributed by atoms with Crippen molar-refractivity contribution in [3.05, 3.63) is 48.0 Å². The third-order valence-electron chi connectivity index (χ3n) is 4.58. The number of amides is 1. The number of carbonyl (C=O) groups excluding carboxylic acids is 1. The van der Waals surface area contributed by atoms with E-state index < -0.39 is 10.0 Å². The van der Waals surface area contributed by atoms with Gasteiger partial charge in [-0.3, -0.25) is 4.79 Å². The maximum atomic E-state index is 12.4. The van der Waals surface area contributed by atoms with Crippen LogP contribution in [0, 0.1) is 0 Å². The van der Waals surface area contributed by atoms with Crippen LogP contribution in [0.15, 0.2) is 47.4 Å². The van der Waals surface area contributed by atoms with E-state index in [1.165, 1.54) is 24.3 Å². The van der Waals surface area contributed by atoms with E-state index in [1.807, 2.05) is 0 Å². The van der Waals surface area contributed by atoms with Gasteiger partial charge in [-0.1, -0.05) is 0 Å². The number of rotatable bonds is 6. The average Bonchev–Trinajstić information content (AvgIpc) is 3.38. The van der Waals surface area contributed by atoms with Gasteiger partial charge in [0.2, 0.25) is 16.8 Å². The molecule has 0 bridgehead atoms. The van der Waals surface area contributed by atoms with Crippen LogP contribution in [-0.4, -0.2) is 40.4 Å². The Balaban J connectivity index is 1.40. The molecule has 1 saturated heterocycles. The highest BCUT2D eigenvalue weighted by atomic mass is 32.2. The molecule has 8 nitrogen and oxygen atoms in total. The van der Waals surface area contributed by atoms with Gasteiger partial charge in [0, 0.05) is 30.5 Å². The molecule has 1 fully saturated rings. The summed E-state index contributed by atoms with van der Waals surface area (Å²) in [4.78, 5) is 12.5. The molecule has 2 aromatic rings. The van der Waals surface area contributed by atoms with Crippen molar-refractivity contribution >= 4 is 21.6 Å². The Labute approximate surface area is 162 Å². The second-order valence-corrected chi connectivity index (χ2v) is 8.30. The zero-order chi connectivity index (χ0) is 19.6. The fraction of sp³-hybridized carbons (Fsp3) is 0.316. The number of hydrogen-bond acceptors (Lipinski definition) is 6. The lowest BCUT2D eigenvalue weighted by atomic mass is 10.2. The lowest BCUT2D eigenvalue weighted by Crippen LogP contribution is -2.31. The van der Waals surface area contributed by atoms with Crippen molar-refractivity contribution < 1.29 is 27.4 Å². The number of fused-ring (bicyclic) bond motifs is 1. The Morgan fingerprint density at radius 1 is 1.07 bits per heavy atom. The quantitative estimate of drug-likeness (QED) is 0.765. The van der Waals surface area contributed by atoms with Crippen molar-refractivity contribution in [2.24, 2.45) is 0 Å². The summed E-state index contributed by atoms with van der Waals surface area (Å²) in [5.74, 6) is 0.842. The molecular weight excluding hydrogens is 384 g/mol. The molecule has 2 N–H and O–H groups in total. The summed E-state index contributed by atoms with van der Waals surface area (Å²) in [7, 11) is -3.65. The van der Waals surface area contributed by atoms with Crippen LogP contribution in [0.1, 0.15) is 23.2 Å². The van der Waals surface area contributed by atoms with Gasteiger partial charge in [0.05, 0.1) is 11.0 Å². The van der Waals surface area contributed by atoms with Gasteiger partial charge in [0.15, 0.2) is 11.5 Å². The normalized spacial score (nSPS) is 18.2. The van der Waals surface area contributed by atoms with Crippen molar-refractivity contribution in [3.63, 3.8) is 0 Å². The summed E-state index contributed by atoms with van der Waals surface area (Å²) < 4.78 is 43.2. The zero-order valence-electron chi connectivity index (χ0n) is 15.0. The van der Waals surface area contributed by atoms with Gasteiger partial charge in [-0.05, 0) is 49.2 Å². The monoisotopic (exact) mass is 404 g/mol. The van der Waals surface area contributed by atoms with Gasteiger partial charge >= 0.3 is 0 Å². The summed E-state index contributed by atoms with van der Waals surface area (Å²) in [6.07, 6.45) is 1.71. The number of sulfonamides is 1. The van der Waals surface area contributed by atoms with E-state index in [-0.39, 0.29) is 30.2 Å². The van der Waals surface area contributed by atoms with Crippen molar-refractivity contribution in [2.75, 3.05) is 25.3 Å². The average molecular weight is 404 g/mol. The molecule has 4 rings (SSSR count). The largest absolute Gasteiger partial charge is 0.454 e. The van der Waals surface area contributed by atoms with Crippen molar-refractivity contribution in [1.29, 1.82) is 0 Å². The van der Waals surface area contributed by atoms with E-state index in [0.29, 0.717) is 29.4 Å². The van der Waals surface area contributed by atoms with Gasteiger partial charge in [-0.25, -0.2) is 13.1 Å². The van der Waals surface area contributed by atoms with E-state index in [9.17, 15) is 13.2 Å². The zero-order valence-corrected chi connectivity index (χ0v) is 15.8. The Morgan fingerprint density at radius 2 is 1.86 bits per heavy atom. The van der Waals surface area contributed by atoms with Gasteiger partial charge < -0.3 is 19.5 Å². The number of nitrogens with one attached hydrogen (secondary N) is 2. The lowest BCUT2D eigenvalue weighted by molar-refractivity contribution is 0.102. The second-order valence-electron chi connectivity index (χ2n) is 6.53. The maximum Gasteiger partial charge on any atom is 0.255 e. The van der Waals surface area contributed by atoms with Crippen LogP contribution in [0.4, 0.5) is 5.69 Å². The molecule has 9 heteroatoms. The molecule has 1 atom stereocenters. The third kappa shape index (κ3) is 4.11. The molecule has 28 heavy (non-hydrogen) atoms. The number of carbonyl (C=O) groups is 1. The van der Waals surface area contributed by atoms with Gasteiger partial charge in [-0.15, -0.1) is 0 Å². The highest BCUT2D eigenvalue weighted by Gasteiger charge is 2.21. The maximum absolute atomic E-state index is 12.4. The molecule has 0 spiro atoms. The molecule has 2 aliphatic rings. The molecule has 0 aliphatic carbocycles. The van der Waals surface area contributed by atoms with Gasteiger partial charge in [0.25, 0.3) is 5.91 Å². The summed E-state index contributed by atoms with van der Waals surface area (Å²) in [6, 6.07) is 10.9. The molecule has 2 aliphatic heterocycles. The van der Waals surface area contributed by atoms with Crippen LogP contribution in [-0.2, 0) is 14.8 Å². The Bertz CT molecular complexity index is 968. The predicted octanol–water partition coefficient (Wildman–Crippen LogP) is 2.12. The Kier molecular flexibility index (Phi) is 5.21. The first-order chi connectivity index (χ1) is 13.5. The van der Waals surface area contributed by atoms with Crippen molar-refractivity contribution in [3.8, 4) is 11.5 Å². The topological polar surface area (TPSA) is 103 Å². The van der Waals surface area contributed by atoms with E-state index >= 15 is 0 Å². The summed E-state index contributed by atoms with van der Waals surface area (Å²) >= 11 is 0. The van der Waals surface area contributed by atoms with Crippen LogP contribution < -0.4 is 19.5 Å². The summed E-state index contributed by atoms with van der Waals surface area (Å²) in [5, 5.41) is 2.75. The number of ether oxygens (including phenoxy) is 3. The lowest BCUT2D eigenvalue weighted by Gasteiger charge is -2.12. The summed E-state index contributed by atoms with van der Waals surface area (Å²) in [5.41, 5.74) is 0.903. The van der Waals surface area contributed by atoms with Crippen LogP contribution in [0.2, 0.25) is 0 Å². The second kappa shape index (κ2) is 7.78. The standard InChI is InChI=1S/C19H20N2O6S/c22-19(21-14-5-8-17-18(10-14)27-12-26-17)13-3-6-16(7-4-13)28(23,24)20-11-15-2-1-9-25-15/h3-8,10,15,20H,1-2,9,11-12H2,(H,21,22)/t15-/m0/s1. The highest BCUT2D eigenvalue weighted by molar-refractivity contribution is 7.89. The molecule has 148 valence electrons. The minimum Gasteiger partial charge on any atom is -0.454 e. The Hall–Kier alpha value is -2.62. The van der Waals surface area contributed by atoms with Crippen molar-refractivity contribution in [1.82, 2.24) is 4.72 Å². The SMILES string of the molecule is O=C(Nc1ccc2c(c1)OCO2)c1ccc(S(=O)(=O)NC[C@@H]2CCCO2)cc1. The van der Waals surface area contributed by atoms with Crippen LogP contribution in [0.25, 0.3) is 0 Å². The fourth-order valence-electron chi connectivity index (χ4n) is 3.05. The van der Waals surface area contributed by atoms with Gasteiger partial charge in [-0.2, -0.15) is 0 Å². The van der Waals surface area contributed by atoms with E-state index in [0.717, 1.165) is 12.8 Å². The number of hydrogen-bond donors (Lipinski definition) is 2. The number of anilines is 1.